The van der Waals surface area contributed by atoms with Crippen molar-refractivity contribution in [2.24, 2.45) is 0 Å². The van der Waals surface area contributed by atoms with E-state index in [9.17, 15) is 4.39 Å². The molecule has 0 aromatic heterocycles. The van der Waals surface area contributed by atoms with Crippen molar-refractivity contribution >= 4 is 0 Å². The molecule has 1 nitrogen and oxygen atoms in total. The van der Waals surface area contributed by atoms with Crippen LogP contribution in [0.3, 0.4) is 0 Å². The molecule has 0 amide bonds. The van der Waals surface area contributed by atoms with Crippen molar-refractivity contribution in [3.8, 4) is 0 Å². The molecule has 3 rings (SSSR count). The molecule has 0 spiro atoms. The highest BCUT2D eigenvalue weighted by atomic mass is 19.1. The Morgan fingerprint density at radius 3 is 2.43 bits per heavy atom. The van der Waals surface area contributed by atoms with E-state index < -0.39 is 0 Å². The van der Waals surface area contributed by atoms with Gasteiger partial charge in [-0.05, 0) is 49.8 Å². The second-order valence-corrected chi connectivity index (χ2v) is 6.13. The highest BCUT2D eigenvalue weighted by molar-refractivity contribution is 5.31. The van der Waals surface area contributed by atoms with Crippen LogP contribution in [-0.2, 0) is 0 Å². The standard InChI is InChI=1S/C19H22FN/c1-13-7-3-4-8-17(13)15-11-16(12-15)21-14(2)18-9-5-6-10-19(18)20/h3-10,14-16,21H,11-12H2,1-2H3/t14-,15?,16?/m1/s1. The summed E-state index contributed by atoms with van der Waals surface area (Å²) >= 11 is 0. The lowest BCUT2D eigenvalue weighted by atomic mass is 9.74. The molecule has 1 atom stereocenters. The molecule has 110 valence electrons. The summed E-state index contributed by atoms with van der Waals surface area (Å²) in [6.07, 6.45) is 2.29. The van der Waals surface area contributed by atoms with Crippen LogP contribution in [0.15, 0.2) is 48.5 Å². The minimum absolute atomic E-state index is 0.0639. The third kappa shape index (κ3) is 3.01. The third-order valence-electron chi connectivity index (χ3n) is 4.62. The molecule has 0 saturated heterocycles. The van der Waals surface area contributed by atoms with Crippen LogP contribution in [0.1, 0.15) is 48.4 Å². The summed E-state index contributed by atoms with van der Waals surface area (Å²) in [7, 11) is 0. The SMILES string of the molecule is Cc1ccccc1C1CC(N[C@H](C)c2ccccc2F)C1. The van der Waals surface area contributed by atoms with Gasteiger partial charge in [-0.2, -0.15) is 0 Å². The van der Waals surface area contributed by atoms with Crippen molar-refractivity contribution in [2.45, 2.75) is 44.7 Å². The third-order valence-corrected chi connectivity index (χ3v) is 4.62. The van der Waals surface area contributed by atoms with Gasteiger partial charge in [0.1, 0.15) is 5.82 Å². The fourth-order valence-electron chi connectivity index (χ4n) is 3.32. The molecule has 21 heavy (non-hydrogen) atoms. The Morgan fingerprint density at radius 1 is 1.05 bits per heavy atom. The second kappa shape index (κ2) is 5.98. The van der Waals surface area contributed by atoms with E-state index in [2.05, 4.69) is 36.5 Å². The van der Waals surface area contributed by atoms with E-state index in [1.807, 2.05) is 19.1 Å². The maximum absolute atomic E-state index is 13.8. The normalized spacial score (nSPS) is 22.6. The molecule has 0 radical (unpaired) electrons. The van der Waals surface area contributed by atoms with Crippen LogP contribution >= 0.6 is 0 Å². The number of hydrogen-bond acceptors (Lipinski definition) is 1. The Labute approximate surface area is 126 Å². The predicted octanol–water partition coefficient (Wildman–Crippen LogP) is 4.73. The Kier molecular flexibility index (Phi) is 4.07. The van der Waals surface area contributed by atoms with Crippen molar-refractivity contribution in [3.05, 3.63) is 71.0 Å². The molecule has 1 aliphatic rings. The lowest BCUT2D eigenvalue weighted by Crippen LogP contribution is -2.41. The maximum atomic E-state index is 13.8. The number of halogens is 1. The zero-order chi connectivity index (χ0) is 14.8. The van der Waals surface area contributed by atoms with Crippen LogP contribution in [0.25, 0.3) is 0 Å². The van der Waals surface area contributed by atoms with E-state index in [-0.39, 0.29) is 11.9 Å². The summed E-state index contributed by atoms with van der Waals surface area (Å²) in [5.74, 6) is 0.531. The van der Waals surface area contributed by atoms with Crippen molar-refractivity contribution in [3.63, 3.8) is 0 Å². The fraction of sp³-hybridized carbons (Fsp3) is 0.368. The van der Waals surface area contributed by atoms with Crippen LogP contribution in [0.2, 0.25) is 0 Å². The highest BCUT2D eigenvalue weighted by Crippen LogP contribution is 2.39. The molecule has 0 heterocycles. The average molecular weight is 283 g/mol. The number of rotatable bonds is 4. The first-order valence-corrected chi connectivity index (χ1v) is 7.71. The average Bonchev–Trinajstić information content (AvgIpc) is 2.44. The minimum atomic E-state index is -0.118. The molecule has 0 bridgehead atoms. The molecular formula is C19H22FN. The number of nitrogens with one attached hydrogen (secondary N) is 1. The first kappa shape index (κ1) is 14.3. The molecule has 2 aromatic rings. The zero-order valence-corrected chi connectivity index (χ0v) is 12.6. The summed E-state index contributed by atoms with van der Waals surface area (Å²) in [6, 6.07) is 16.2. The van der Waals surface area contributed by atoms with Crippen molar-refractivity contribution in [2.75, 3.05) is 0 Å². The Morgan fingerprint density at radius 2 is 1.71 bits per heavy atom. The van der Waals surface area contributed by atoms with E-state index in [4.69, 9.17) is 0 Å². The van der Waals surface area contributed by atoms with Crippen LogP contribution in [0, 0.1) is 12.7 Å². The largest absolute Gasteiger partial charge is 0.307 e. The van der Waals surface area contributed by atoms with Gasteiger partial charge >= 0.3 is 0 Å². The second-order valence-electron chi connectivity index (χ2n) is 6.13. The molecule has 2 heteroatoms. The van der Waals surface area contributed by atoms with Crippen LogP contribution < -0.4 is 5.32 Å². The van der Waals surface area contributed by atoms with Crippen molar-refractivity contribution < 1.29 is 4.39 Å². The molecule has 1 saturated carbocycles. The van der Waals surface area contributed by atoms with Gasteiger partial charge in [0.15, 0.2) is 0 Å². The van der Waals surface area contributed by atoms with Gasteiger partial charge in [-0.1, -0.05) is 42.5 Å². The lowest BCUT2D eigenvalue weighted by molar-refractivity contribution is 0.268. The molecule has 0 aliphatic heterocycles. The molecule has 1 N–H and O–H groups in total. The molecule has 1 aliphatic carbocycles. The van der Waals surface area contributed by atoms with Gasteiger partial charge in [-0.3, -0.25) is 0 Å². The van der Waals surface area contributed by atoms with E-state index in [0.717, 1.165) is 18.4 Å². The maximum Gasteiger partial charge on any atom is 0.127 e. The van der Waals surface area contributed by atoms with E-state index in [1.165, 1.54) is 17.2 Å². The Balaban J connectivity index is 1.58. The van der Waals surface area contributed by atoms with Crippen LogP contribution in [0.5, 0.6) is 0 Å². The fourth-order valence-corrected chi connectivity index (χ4v) is 3.32. The first-order chi connectivity index (χ1) is 10.1. The smallest absolute Gasteiger partial charge is 0.127 e. The summed E-state index contributed by atoms with van der Waals surface area (Å²) in [6.45, 7) is 4.22. The number of aryl methyl sites for hydroxylation is 1. The lowest BCUT2D eigenvalue weighted by Gasteiger charge is -2.39. The van der Waals surface area contributed by atoms with E-state index in [0.29, 0.717) is 12.0 Å². The van der Waals surface area contributed by atoms with Crippen LogP contribution in [-0.4, -0.2) is 6.04 Å². The van der Waals surface area contributed by atoms with Gasteiger partial charge in [-0.15, -0.1) is 0 Å². The first-order valence-electron chi connectivity index (χ1n) is 7.71. The quantitative estimate of drug-likeness (QED) is 0.855. The Hall–Kier alpha value is -1.67. The molecule has 2 aromatic carbocycles. The minimum Gasteiger partial charge on any atom is -0.307 e. The molecule has 1 fully saturated rings. The van der Waals surface area contributed by atoms with Crippen molar-refractivity contribution in [1.29, 1.82) is 0 Å². The summed E-state index contributed by atoms with van der Waals surface area (Å²) in [4.78, 5) is 0. The van der Waals surface area contributed by atoms with Crippen molar-refractivity contribution in [1.82, 2.24) is 5.32 Å². The van der Waals surface area contributed by atoms with Crippen LogP contribution in [0.4, 0.5) is 4.39 Å². The van der Waals surface area contributed by atoms with E-state index >= 15 is 0 Å². The van der Waals surface area contributed by atoms with Gasteiger partial charge in [0.05, 0.1) is 0 Å². The summed E-state index contributed by atoms with van der Waals surface area (Å²) < 4.78 is 13.8. The van der Waals surface area contributed by atoms with Gasteiger partial charge < -0.3 is 5.32 Å². The van der Waals surface area contributed by atoms with Gasteiger partial charge in [0, 0.05) is 17.6 Å². The van der Waals surface area contributed by atoms with Gasteiger partial charge in [-0.25, -0.2) is 4.39 Å². The van der Waals surface area contributed by atoms with E-state index in [1.54, 1.807) is 6.07 Å². The zero-order valence-electron chi connectivity index (χ0n) is 12.6. The molecular weight excluding hydrogens is 261 g/mol. The molecule has 0 unspecified atom stereocenters. The van der Waals surface area contributed by atoms with Gasteiger partial charge in [0.25, 0.3) is 0 Å². The summed E-state index contributed by atoms with van der Waals surface area (Å²) in [5, 5.41) is 3.55. The Bertz CT molecular complexity index is 616. The topological polar surface area (TPSA) is 12.0 Å². The highest BCUT2D eigenvalue weighted by Gasteiger charge is 2.32. The number of benzene rings is 2. The van der Waals surface area contributed by atoms with Gasteiger partial charge in [0.2, 0.25) is 0 Å². The number of hydrogen-bond donors (Lipinski definition) is 1. The summed E-state index contributed by atoms with van der Waals surface area (Å²) in [5.41, 5.74) is 3.61. The monoisotopic (exact) mass is 283 g/mol. The predicted molar refractivity (Wildman–Crippen MR) is 84.9 cm³/mol.